The number of anilines is 1. The average Bonchev–Trinajstić information content (AvgIpc) is 2.72. The molecule has 3 unspecified atom stereocenters. The van der Waals surface area contributed by atoms with Gasteiger partial charge in [-0.15, -0.1) is 0 Å². The van der Waals surface area contributed by atoms with Crippen LogP contribution in [0, 0.1) is 17.7 Å². The molecule has 0 radical (unpaired) electrons. The van der Waals surface area contributed by atoms with Crippen LogP contribution in [0.2, 0.25) is 0 Å². The molecule has 2 aliphatic rings. The van der Waals surface area contributed by atoms with Gasteiger partial charge in [-0.05, 0) is 36.8 Å². The van der Waals surface area contributed by atoms with E-state index in [0.29, 0.717) is 63.0 Å². The van der Waals surface area contributed by atoms with Gasteiger partial charge < -0.3 is 15.1 Å². The molecule has 1 saturated heterocycles. The molecule has 1 N–H and O–H groups in total. The molecule has 3 atom stereocenters. The van der Waals surface area contributed by atoms with Crippen LogP contribution < -0.4 is 10.2 Å². The number of nitrogens with zero attached hydrogens (tertiary/aromatic N) is 2. The molecule has 1 aliphatic carbocycles. The standard InChI is InChI=1S/C23H34FN3O2/c1-17-7-5-9-20(18(17)2)25-22(28)11-6-12-23(29)27-15-13-26(14-16-27)21-10-4-3-8-19(21)24/h3-4,8,10,17-18,20H,5-7,9,11-16H2,1-2H3,(H,25,28). The third-order valence-corrected chi connectivity index (χ3v) is 6.67. The second-order valence-corrected chi connectivity index (χ2v) is 8.61. The highest BCUT2D eigenvalue weighted by Crippen LogP contribution is 2.29. The van der Waals surface area contributed by atoms with Crippen LogP contribution in [-0.2, 0) is 9.59 Å². The number of benzene rings is 1. The summed E-state index contributed by atoms with van der Waals surface area (Å²) in [6.45, 7) is 6.93. The largest absolute Gasteiger partial charge is 0.366 e. The number of para-hydroxylation sites is 1. The maximum atomic E-state index is 13.9. The fourth-order valence-corrected chi connectivity index (χ4v) is 4.53. The number of halogens is 1. The minimum Gasteiger partial charge on any atom is -0.366 e. The van der Waals surface area contributed by atoms with Gasteiger partial charge in [0.25, 0.3) is 0 Å². The lowest BCUT2D eigenvalue weighted by molar-refractivity contribution is -0.131. The van der Waals surface area contributed by atoms with Crippen molar-refractivity contribution in [2.75, 3.05) is 31.1 Å². The molecule has 1 heterocycles. The van der Waals surface area contributed by atoms with Gasteiger partial charge >= 0.3 is 0 Å². The van der Waals surface area contributed by atoms with E-state index in [0.717, 1.165) is 6.42 Å². The van der Waals surface area contributed by atoms with E-state index in [2.05, 4.69) is 19.2 Å². The van der Waals surface area contributed by atoms with Crippen molar-refractivity contribution in [3.05, 3.63) is 30.1 Å². The van der Waals surface area contributed by atoms with Crippen molar-refractivity contribution >= 4 is 17.5 Å². The Hall–Kier alpha value is -2.11. The minimum atomic E-state index is -0.222. The van der Waals surface area contributed by atoms with Crippen molar-refractivity contribution in [3.8, 4) is 0 Å². The molecule has 2 fully saturated rings. The van der Waals surface area contributed by atoms with E-state index in [4.69, 9.17) is 0 Å². The molecule has 6 heteroatoms. The molecule has 1 saturated carbocycles. The highest BCUT2D eigenvalue weighted by atomic mass is 19.1. The fourth-order valence-electron chi connectivity index (χ4n) is 4.53. The van der Waals surface area contributed by atoms with E-state index in [1.165, 1.54) is 18.9 Å². The Labute approximate surface area is 173 Å². The number of carbonyl (C=O) groups excluding carboxylic acids is 2. The number of hydrogen-bond acceptors (Lipinski definition) is 3. The third kappa shape index (κ3) is 5.71. The summed E-state index contributed by atoms with van der Waals surface area (Å²) in [5.41, 5.74) is 0.600. The second kappa shape index (κ2) is 10.1. The number of carbonyl (C=O) groups is 2. The number of piperazine rings is 1. The van der Waals surface area contributed by atoms with Gasteiger partial charge in [-0.25, -0.2) is 4.39 Å². The number of amides is 2. The monoisotopic (exact) mass is 403 g/mol. The molecule has 3 rings (SSSR count). The van der Waals surface area contributed by atoms with Gasteiger partial charge in [0.05, 0.1) is 5.69 Å². The first-order valence-electron chi connectivity index (χ1n) is 11.0. The Morgan fingerprint density at radius 2 is 1.79 bits per heavy atom. The molecule has 29 heavy (non-hydrogen) atoms. The summed E-state index contributed by atoms with van der Waals surface area (Å²) in [5.74, 6) is 1.09. The zero-order chi connectivity index (χ0) is 20.8. The highest BCUT2D eigenvalue weighted by Gasteiger charge is 2.28. The highest BCUT2D eigenvalue weighted by molar-refractivity contribution is 5.79. The van der Waals surface area contributed by atoms with Crippen LogP contribution in [0.3, 0.4) is 0 Å². The van der Waals surface area contributed by atoms with Gasteiger partial charge in [0, 0.05) is 45.1 Å². The summed E-state index contributed by atoms with van der Waals surface area (Å²) >= 11 is 0. The third-order valence-electron chi connectivity index (χ3n) is 6.67. The van der Waals surface area contributed by atoms with Crippen molar-refractivity contribution in [1.82, 2.24) is 10.2 Å². The first-order valence-corrected chi connectivity index (χ1v) is 11.0. The smallest absolute Gasteiger partial charge is 0.222 e. The van der Waals surface area contributed by atoms with Gasteiger partial charge in [0.15, 0.2) is 0 Å². The molecule has 1 aromatic rings. The molecule has 2 amide bonds. The maximum absolute atomic E-state index is 13.9. The Morgan fingerprint density at radius 1 is 1.07 bits per heavy atom. The average molecular weight is 404 g/mol. The Morgan fingerprint density at radius 3 is 2.52 bits per heavy atom. The van der Waals surface area contributed by atoms with E-state index in [1.807, 2.05) is 15.9 Å². The van der Waals surface area contributed by atoms with Crippen LogP contribution >= 0.6 is 0 Å². The van der Waals surface area contributed by atoms with Gasteiger partial charge in [-0.2, -0.15) is 0 Å². The zero-order valence-electron chi connectivity index (χ0n) is 17.7. The van der Waals surface area contributed by atoms with Gasteiger partial charge in [0.1, 0.15) is 5.82 Å². The lowest BCUT2D eigenvalue weighted by atomic mass is 9.78. The predicted molar refractivity (Wildman–Crippen MR) is 113 cm³/mol. The molecule has 0 spiro atoms. The Kier molecular flexibility index (Phi) is 7.51. The maximum Gasteiger partial charge on any atom is 0.222 e. The summed E-state index contributed by atoms with van der Waals surface area (Å²) in [7, 11) is 0. The van der Waals surface area contributed by atoms with Gasteiger partial charge in [0.2, 0.25) is 11.8 Å². The van der Waals surface area contributed by atoms with E-state index in [9.17, 15) is 14.0 Å². The summed E-state index contributed by atoms with van der Waals surface area (Å²) in [4.78, 5) is 28.6. The normalized spacial score (nSPS) is 25.0. The van der Waals surface area contributed by atoms with Crippen molar-refractivity contribution in [1.29, 1.82) is 0 Å². The van der Waals surface area contributed by atoms with Crippen LogP contribution in [0.5, 0.6) is 0 Å². The van der Waals surface area contributed by atoms with Crippen molar-refractivity contribution in [2.45, 2.75) is 58.4 Å². The molecule has 0 aromatic heterocycles. The molecular weight excluding hydrogens is 369 g/mol. The lowest BCUT2D eigenvalue weighted by Crippen LogP contribution is -2.49. The van der Waals surface area contributed by atoms with Gasteiger partial charge in [-0.1, -0.05) is 38.8 Å². The van der Waals surface area contributed by atoms with E-state index in [-0.39, 0.29) is 23.7 Å². The van der Waals surface area contributed by atoms with Crippen molar-refractivity contribution in [2.24, 2.45) is 11.8 Å². The molecule has 1 aliphatic heterocycles. The zero-order valence-corrected chi connectivity index (χ0v) is 17.7. The van der Waals surface area contributed by atoms with E-state index < -0.39 is 0 Å². The number of nitrogens with one attached hydrogen (secondary N) is 1. The fraction of sp³-hybridized carbons (Fsp3) is 0.652. The first-order chi connectivity index (χ1) is 14.0. The Bertz CT molecular complexity index is 703. The molecule has 160 valence electrons. The summed E-state index contributed by atoms with van der Waals surface area (Å²) in [6, 6.07) is 7.03. The molecule has 0 bridgehead atoms. The molecule has 5 nitrogen and oxygen atoms in total. The molecule has 1 aromatic carbocycles. The van der Waals surface area contributed by atoms with Crippen molar-refractivity contribution in [3.63, 3.8) is 0 Å². The van der Waals surface area contributed by atoms with Gasteiger partial charge in [-0.3, -0.25) is 9.59 Å². The van der Waals surface area contributed by atoms with Crippen LogP contribution in [0.15, 0.2) is 24.3 Å². The number of rotatable bonds is 6. The number of hydrogen-bond donors (Lipinski definition) is 1. The predicted octanol–water partition coefficient (Wildman–Crippen LogP) is 3.59. The lowest BCUT2D eigenvalue weighted by Gasteiger charge is -2.36. The van der Waals surface area contributed by atoms with Crippen LogP contribution in [0.1, 0.15) is 52.4 Å². The topological polar surface area (TPSA) is 52.7 Å². The van der Waals surface area contributed by atoms with Crippen LogP contribution in [0.25, 0.3) is 0 Å². The first kappa shape index (κ1) is 21.6. The summed E-state index contributed by atoms with van der Waals surface area (Å²) in [5, 5.41) is 3.18. The minimum absolute atomic E-state index is 0.0631. The van der Waals surface area contributed by atoms with Crippen LogP contribution in [0.4, 0.5) is 10.1 Å². The Balaban J connectivity index is 1.36. The summed E-state index contributed by atoms with van der Waals surface area (Å²) < 4.78 is 13.9. The second-order valence-electron chi connectivity index (χ2n) is 8.61. The van der Waals surface area contributed by atoms with Crippen LogP contribution in [-0.4, -0.2) is 48.9 Å². The van der Waals surface area contributed by atoms with E-state index in [1.54, 1.807) is 12.1 Å². The SMILES string of the molecule is CC1CCCC(NC(=O)CCCC(=O)N2CCN(c3ccccc3F)CC2)C1C. The van der Waals surface area contributed by atoms with Crippen molar-refractivity contribution < 1.29 is 14.0 Å². The summed E-state index contributed by atoms with van der Waals surface area (Å²) in [6.07, 6.45) is 4.85. The van der Waals surface area contributed by atoms with E-state index >= 15 is 0 Å². The molecular formula is C23H34FN3O2. The quantitative estimate of drug-likeness (QED) is 0.790.